The van der Waals surface area contributed by atoms with E-state index in [1.165, 1.54) is 0 Å². The van der Waals surface area contributed by atoms with Crippen LogP contribution < -0.4 is 11.5 Å². The highest BCUT2D eigenvalue weighted by molar-refractivity contribution is 5.46. The van der Waals surface area contributed by atoms with Crippen LogP contribution in [0.4, 0.5) is 11.8 Å². The minimum absolute atomic E-state index is 0.186. The van der Waals surface area contributed by atoms with Crippen molar-refractivity contribution in [2.24, 2.45) is 0 Å². The van der Waals surface area contributed by atoms with Crippen LogP contribution in [0.1, 0.15) is 11.3 Å². The van der Waals surface area contributed by atoms with E-state index in [9.17, 15) is 0 Å². The molecule has 4 heteroatoms. The predicted molar refractivity (Wildman–Crippen MR) is 48.1 cm³/mol. The van der Waals surface area contributed by atoms with Crippen molar-refractivity contribution in [3.05, 3.63) is 11.3 Å². The molecule has 0 atom stereocenters. The highest BCUT2D eigenvalue weighted by atomic mass is 15.0. The zero-order valence-corrected chi connectivity index (χ0v) is 6.83. The summed E-state index contributed by atoms with van der Waals surface area (Å²) in [5.74, 6) is 3.04. The first-order chi connectivity index (χ1) is 5.65. The van der Waals surface area contributed by atoms with Gasteiger partial charge in [-0.2, -0.15) is 4.98 Å². The predicted octanol–water partition coefficient (Wildman–Crippen LogP) is 0.125. The third-order valence-electron chi connectivity index (χ3n) is 1.54. The first-order valence-electron chi connectivity index (χ1n) is 3.47. The Kier molecular flexibility index (Phi) is 2.15. The summed E-state index contributed by atoms with van der Waals surface area (Å²) in [5.41, 5.74) is 12.5. The molecule has 1 heterocycles. The van der Waals surface area contributed by atoms with Crippen LogP contribution in [0.5, 0.6) is 0 Å². The number of aromatic nitrogens is 2. The summed E-state index contributed by atoms with van der Waals surface area (Å²) in [6.45, 7) is 1.81. The van der Waals surface area contributed by atoms with Gasteiger partial charge in [0.05, 0.1) is 0 Å². The number of anilines is 2. The zero-order valence-electron chi connectivity index (χ0n) is 6.83. The van der Waals surface area contributed by atoms with Gasteiger partial charge in [0.25, 0.3) is 0 Å². The van der Waals surface area contributed by atoms with E-state index in [0.29, 0.717) is 12.2 Å². The average Bonchev–Trinajstić information content (AvgIpc) is 1.96. The number of nitrogen functional groups attached to an aromatic ring is 2. The van der Waals surface area contributed by atoms with Gasteiger partial charge in [0.1, 0.15) is 5.82 Å². The Bertz CT molecular complexity index is 314. The number of hydrogen-bond acceptors (Lipinski definition) is 4. The Hall–Kier alpha value is -1.76. The maximum atomic E-state index is 5.58. The van der Waals surface area contributed by atoms with Crippen molar-refractivity contribution in [2.45, 2.75) is 13.3 Å². The van der Waals surface area contributed by atoms with Crippen molar-refractivity contribution >= 4 is 11.8 Å². The molecule has 0 aliphatic rings. The summed E-state index contributed by atoms with van der Waals surface area (Å²) in [4.78, 5) is 7.75. The molecule has 0 aliphatic heterocycles. The fraction of sp³-hybridized carbons (Fsp3) is 0.250. The second-order valence-corrected chi connectivity index (χ2v) is 2.41. The Labute approximate surface area is 71.0 Å². The Balaban J connectivity index is 3.21. The molecule has 0 unspecified atom stereocenters. The van der Waals surface area contributed by atoms with Gasteiger partial charge >= 0.3 is 0 Å². The van der Waals surface area contributed by atoms with E-state index in [1.54, 1.807) is 6.92 Å². The van der Waals surface area contributed by atoms with Gasteiger partial charge in [-0.25, -0.2) is 4.98 Å². The lowest BCUT2D eigenvalue weighted by Crippen LogP contribution is -2.06. The molecule has 0 amide bonds. The standard InChI is InChI=1S/C8H10N4/c1-3-4-6-5(2)11-8(10)12-7(6)9/h1H,4H2,2H3,(H4,9,10,11,12). The Morgan fingerprint density at radius 2 is 2.08 bits per heavy atom. The lowest BCUT2D eigenvalue weighted by molar-refractivity contribution is 1.06. The minimum Gasteiger partial charge on any atom is -0.383 e. The molecule has 0 radical (unpaired) electrons. The number of aryl methyl sites for hydroxylation is 1. The molecular weight excluding hydrogens is 152 g/mol. The fourth-order valence-electron chi connectivity index (χ4n) is 0.961. The topological polar surface area (TPSA) is 77.8 Å². The van der Waals surface area contributed by atoms with Gasteiger partial charge in [-0.3, -0.25) is 0 Å². The van der Waals surface area contributed by atoms with Crippen LogP contribution in [0.3, 0.4) is 0 Å². The van der Waals surface area contributed by atoms with Crippen LogP contribution in [-0.4, -0.2) is 9.97 Å². The summed E-state index contributed by atoms with van der Waals surface area (Å²) < 4.78 is 0. The first kappa shape index (κ1) is 8.34. The highest BCUT2D eigenvalue weighted by Gasteiger charge is 2.05. The molecule has 1 rings (SSSR count). The number of rotatable bonds is 1. The van der Waals surface area contributed by atoms with Crippen LogP contribution in [0.25, 0.3) is 0 Å². The second-order valence-electron chi connectivity index (χ2n) is 2.41. The molecule has 0 bridgehead atoms. The molecule has 0 aliphatic carbocycles. The van der Waals surface area contributed by atoms with Crippen molar-refractivity contribution in [1.82, 2.24) is 9.97 Å². The van der Waals surface area contributed by atoms with Gasteiger partial charge in [0.15, 0.2) is 0 Å². The molecule has 0 aromatic carbocycles. The van der Waals surface area contributed by atoms with Gasteiger partial charge in [-0.05, 0) is 6.92 Å². The summed E-state index contributed by atoms with van der Waals surface area (Å²) in [6.07, 6.45) is 5.59. The molecule has 0 saturated heterocycles. The lowest BCUT2D eigenvalue weighted by Gasteiger charge is -2.04. The maximum Gasteiger partial charge on any atom is 0.222 e. The summed E-state index contributed by atoms with van der Waals surface area (Å²) >= 11 is 0. The maximum absolute atomic E-state index is 5.58. The molecular formula is C8H10N4. The van der Waals surface area contributed by atoms with Crippen LogP contribution in [0.15, 0.2) is 0 Å². The van der Waals surface area contributed by atoms with Gasteiger partial charge in [-0.15, -0.1) is 12.3 Å². The third kappa shape index (κ3) is 1.45. The largest absolute Gasteiger partial charge is 0.383 e. The SMILES string of the molecule is C#CCc1c(C)nc(N)nc1N. The number of terminal acetylenes is 1. The van der Waals surface area contributed by atoms with Gasteiger partial charge < -0.3 is 11.5 Å². The molecule has 62 valence electrons. The third-order valence-corrected chi connectivity index (χ3v) is 1.54. The van der Waals surface area contributed by atoms with Crippen LogP contribution >= 0.6 is 0 Å². The van der Waals surface area contributed by atoms with Gasteiger partial charge in [0.2, 0.25) is 5.95 Å². The van der Waals surface area contributed by atoms with Crippen molar-refractivity contribution in [3.8, 4) is 12.3 Å². The molecule has 0 saturated carbocycles. The van der Waals surface area contributed by atoms with Crippen molar-refractivity contribution in [2.75, 3.05) is 11.5 Å². The molecule has 4 N–H and O–H groups in total. The van der Waals surface area contributed by atoms with E-state index in [1.807, 2.05) is 0 Å². The zero-order chi connectivity index (χ0) is 9.14. The van der Waals surface area contributed by atoms with Crippen LogP contribution in [0, 0.1) is 19.3 Å². The van der Waals surface area contributed by atoms with Crippen LogP contribution in [0.2, 0.25) is 0 Å². The van der Waals surface area contributed by atoms with E-state index < -0.39 is 0 Å². The quantitative estimate of drug-likeness (QED) is 0.575. The van der Waals surface area contributed by atoms with E-state index in [2.05, 4.69) is 15.9 Å². The molecule has 0 fully saturated rings. The number of nitrogens with zero attached hydrogens (tertiary/aromatic N) is 2. The van der Waals surface area contributed by atoms with E-state index in [4.69, 9.17) is 17.9 Å². The summed E-state index contributed by atoms with van der Waals surface area (Å²) in [7, 11) is 0. The molecule has 4 nitrogen and oxygen atoms in total. The summed E-state index contributed by atoms with van der Waals surface area (Å²) in [5, 5.41) is 0. The normalized spacial score (nSPS) is 9.33. The van der Waals surface area contributed by atoms with Gasteiger partial charge in [-0.1, -0.05) is 0 Å². The van der Waals surface area contributed by atoms with Crippen molar-refractivity contribution in [1.29, 1.82) is 0 Å². The number of hydrogen-bond donors (Lipinski definition) is 2. The second kappa shape index (κ2) is 3.09. The van der Waals surface area contributed by atoms with Crippen LogP contribution in [-0.2, 0) is 6.42 Å². The number of nitrogens with two attached hydrogens (primary N) is 2. The molecule has 1 aromatic heterocycles. The average molecular weight is 162 g/mol. The summed E-state index contributed by atoms with van der Waals surface area (Å²) in [6, 6.07) is 0. The monoisotopic (exact) mass is 162 g/mol. The van der Waals surface area contributed by atoms with Crippen molar-refractivity contribution in [3.63, 3.8) is 0 Å². The highest BCUT2D eigenvalue weighted by Crippen LogP contribution is 2.13. The fourth-order valence-corrected chi connectivity index (χ4v) is 0.961. The van der Waals surface area contributed by atoms with E-state index in [-0.39, 0.29) is 5.95 Å². The Morgan fingerprint density at radius 3 is 2.58 bits per heavy atom. The van der Waals surface area contributed by atoms with Gasteiger partial charge in [0, 0.05) is 17.7 Å². The lowest BCUT2D eigenvalue weighted by atomic mass is 10.1. The molecule has 12 heavy (non-hydrogen) atoms. The van der Waals surface area contributed by atoms with Crippen molar-refractivity contribution < 1.29 is 0 Å². The van der Waals surface area contributed by atoms with E-state index in [0.717, 1.165) is 11.3 Å². The molecule has 0 spiro atoms. The Morgan fingerprint density at radius 1 is 1.42 bits per heavy atom. The smallest absolute Gasteiger partial charge is 0.222 e. The first-order valence-corrected chi connectivity index (χ1v) is 3.47. The minimum atomic E-state index is 0.186. The molecule has 1 aromatic rings. The van der Waals surface area contributed by atoms with E-state index >= 15 is 0 Å².